The van der Waals surface area contributed by atoms with Gasteiger partial charge in [0.05, 0.1) is 0 Å². The zero-order chi connectivity index (χ0) is 9.84. The Morgan fingerprint density at radius 2 is 2.15 bits per heavy atom. The number of benzene rings is 1. The average Bonchev–Trinajstić information content (AvgIpc) is 2.15. The van der Waals surface area contributed by atoms with Crippen LogP contribution in [0.1, 0.15) is 10.4 Å². The first-order valence-electron chi connectivity index (χ1n) is 3.74. The molecule has 0 saturated heterocycles. The molecule has 0 atom stereocenters. The highest BCUT2D eigenvalue weighted by molar-refractivity contribution is 9.10. The van der Waals surface area contributed by atoms with Crippen LogP contribution in [0, 0.1) is 0 Å². The number of rotatable bonds is 2. The molecule has 0 aliphatic carbocycles. The quantitative estimate of drug-likeness (QED) is 0.828. The molecule has 1 aromatic carbocycles. The zero-order valence-electron chi connectivity index (χ0n) is 7.43. The topological polar surface area (TPSA) is 29.1 Å². The number of hydrogen-bond acceptors (Lipinski definition) is 2. The van der Waals surface area contributed by atoms with Gasteiger partial charge in [0.25, 0.3) is 5.91 Å². The predicted octanol–water partition coefficient (Wildman–Crippen LogP) is 2.53. The summed E-state index contributed by atoms with van der Waals surface area (Å²) < 4.78 is 0.929. The number of carbonyl (C=O) groups excluding carboxylic acids is 1. The maximum atomic E-state index is 11.3. The van der Waals surface area contributed by atoms with Gasteiger partial charge in [0.1, 0.15) is 0 Å². The Kier molecular flexibility index (Phi) is 3.81. The Hall–Kier alpha value is -0.480. The molecule has 0 heterocycles. The van der Waals surface area contributed by atoms with Gasteiger partial charge in [-0.15, -0.1) is 11.8 Å². The minimum Gasteiger partial charge on any atom is -0.355 e. The number of amides is 1. The van der Waals surface area contributed by atoms with Gasteiger partial charge in [0.2, 0.25) is 0 Å². The van der Waals surface area contributed by atoms with Crippen LogP contribution in [-0.2, 0) is 0 Å². The smallest absolute Gasteiger partial charge is 0.251 e. The van der Waals surface area contributed by atoms with Crippen molar-refractivity contribution < 1.29 is 4.79 Å². The van der Waals surface area contributed by atoms with Gasteiger partial charge in [-0.05, 0) is 24.5 Å². The van der Waals surface area contributed by atoms with Gasteiger partial charge in [-0.3, -0.25) is 4.79 Å². The van der Waals surface area contributed by atoms with Gasteiger partial charge < -0.3 is 5.32 Å². The fraction of sp³-hybridized carbons (Fsp3) is 0.222. The highest BCUT2D eigenvalue weighted by Crippen LogP contribution is 2.22. The molecule has 1 aromatic rings. The fourth-order valence-electron chi connectivity index (χ4n) is 0.956. The second kappa shape index (κ2) is 4.67. The summed E-state index contributed by atoms with van der Waals surface area (Å²) in [5.74, 6) is -0.0587. The molecule has 0 radical (unpaired) electrons. The van der Waals surface area contributed by atoms with Gasteiger partial charge in [-0.25, -0.2) is 0 Å². The van der Waals surface area contributed by atoms with Crippen LogP contribution in [0.3, 0.4) is 0 Å². The first-order chi connectivity index (χ1) is 6.17. The fourth-order valence-corrected chi connectivity index (χ4v) is 2.09. The standard InChI is InChI=1S/C9H10BrNOS/c1-11-9(12)6-3-7(10)5-8(4-6)13-2/h3-5H,1-2H3,(H,11,12). The number of hydrogen-bond donors (Lipinski definition) is 1. The molecule has 0 unspecified atom stereocenters. The monoisotopic (exact) mass is 259 g/mol. The summed E-state index contributed by atoms with van der Waals surface area (Å²) in [7, 11) is 1.63. The Labute approximate surface area is 90.2 Å². The first-order valence-corrected chi connectivity index (χ1v) is 5.76. The number of thioether (sulfide) groups is 1. The lowest BCUT2D eigenvalue weighted by Gasteiger charge is -2.03. The molecule has 0 aromatic heterocycles. The zero-order valence-corrected chi connectivity index (χ0v) is 9.83. The maximum Gasteiger partial charge on any atom is 0.251 e. The summed E-state index contributed by atoms with van der Waals surface area (Å²) in [6, 6.07) is 5.66. The molecule has 1 N–H and O–H groups in total. The van der Waals surface area contributed by atoms with E-state index >= 15 is 0 Å². The number of halogens is 1. The molecule has 4 heteroatoms. The van der Waals surface area contributed by atoms with Crippen LogP contribution in [0.25, 0.3) is 0 Å². The Bertz CT molecular complexity index is 327. The van der Waals surface area contributed by atoms with E-state index in [9.17, 15) is 4.79 Å². The third-order valence-corrected chi connectivity index (χ3v) is 2.76. The van der Waals surface area contributed by atoms with Crippen molar-refractivity contribution in [1.29, 1.82) is 0 Å². The van der Waals surface area contributed by atoms with Crippen LogP contribution >= 0.6 is 27.7 Å². The Balaban J connectivity index is 3.08. The van der Waals surface area contributed by atoms with E-state index < -0.39 is 0 Å². The van der Waals surface area contributed by atoms with E-state index in [4.69, 9.17) is 0 Å². The second-order valence-corrected chi connectivity index (χ2v) is 4.25. The van der Waals surface area contributed by atoms with Gasteiger partial charge in [0.15, 0.2) is 0 Å². The van der Waals surface area contributed by atoms with Crippen molar-refractivity contribution in [2.24, 2.45) is 0 Å². The second-order valence-electron chi connectivity index (χ2n) is 2.46. The molecule has 1 amide bonds. The molecular weight excluding hydrogens is 250 g/mol. The summed E-state index contributed by atoms with van der Waals surface area (Å²) >= 11 is 4.97. The van der Waals surface area contributed by atoms with E-state index in [0.29, 0.717) is 5.56 Å². The molecule has 2 nitrogen and oxygen atoms in total. The van der Waals surface area contributed by atoms with Crippen molar-refractivity contribution in [2.75, 3.05) is 13.3 Å². The normalized spacial score (nSPS) is 9.77. The average molecular weight is 260 g/mol. The lowest BCUT2D eigenvalue weighted by Crippen LogP contribution is -2.17. The van der Waals surface area contributed by atoms with E-state index in [1.165, 1.54) is 0 Å². The molecular formula is C9H10BrNOS. The van der Waals surface area contributed by atoms with Crippen LogP contribution in [-0.4, -0.2) is 19.2 Å². The van der Waals surface area contributed by atoms with E-state index in [2.05, 4.69) is 21.2 Å². The molecule has 70 valence electrons. The summed E-state index contributed by atoms with van der Waals surface area (Å²) in [4.78, 5) is 12.4. The summed E-state index contributed by atoms with van der Waals surface area (Å²) in [5, 5.41) is 2.59. The van der Waals surface area contributed by atoms with Gasteiger partial charge in [0, 0.05) is 22.0 Å². The highest BCUT2D eigenvalue weighted by Gasteiger charge is 2.05. The number of nitrogens with one attached hydrogen (secondary N) is 1. The van der Waals surface area contributed by atoms with Crippen molar-refractivity contribution in [1.82, 2.24) is 5.32 Å². The van der Waals surface area contributed by atoms with Gasteiger partial charge in [-0.1, -0.05) is 15.9 Å². The predicted molar refractivity (Wildman–Crippen MR) is 59.3 cm³/mol. The molecule has 0 aliphatic heterocycles. The van der Waals surface area contributed by atoms with Crippen LogP contribution in [0.4, 0.5) is 0 Å². The lowest BCUT2D eigenvalue weighted by molar-refractivity contribution is 0.0963. The van der Waals surface area contributed by atoms with Crippen molar-refractivity contribution >= 4 is 33.6 Å². The van der Waals surface area contributed by atoms with Crippen LogP contribution in [0.2, 0.25) is 0 Å². The maximum absolute atomic E-state index is 11.3. The summed E-state index contributed by atoms with van der Waals surface area (Å²) in [5.41, 5.74) is 0.682. The molecule has 0 bridgehead atoms. The molecule has 0 spiro atoms. The Morgan fingerprint density at radius 3 is 2.69 bits per heavy atom. The first kappa shape index (κ1) is 10.6. The molecule has 0 saturated carbocycles. The summed E-state index contributed by atoms with van der Waals surface area (Å²) in [6.07, 6.45) is 1.98. The molecule has 13 heavy (non-hydrogen) atoms. The van der Waals surface area contributed by atoms with Crippen molar-refractivity contribution in [3.8, 4) is 0 Å². The molecule has 0 aliphatic rings. The van der Waals surface area contributed by atoms with E-state index in [-0.39, 0.29) is 5.91 Å². The van der Waals surface area contributed by atoms with E-state index in [0.717, 1.165) is 9.37 Å². The minimum atomic E-state index is -0.0587. The third-order valence-electron chi connectivity index (χ3n) is 1.60. The molecule has 0 fully saturated rings. The van der Waals surface area contributed by atoms with Gasteiger partial charge >= 0.3 is 0 Å². The highest BCUT2D eigenvalue weighted by atomic mass is 79.9. The van der Waals surface area contributed by atoms with E-state index in [1.807, 2.05) is 18.4 Å². The van der Waals surface area contributed by atoms with Crippen molar-refractivity contribution in [3.05, 3.63) is 28.2 Å². The Morgan fingerprint density at radius 1 is 1.46 bits per heavy atom. The third kappa shape index (κ3) is 2.74. The van der Waals surface area contributed by atoms with E-state index in [1.54, 1.807) is 24.9 Å². The van der Waals surface area contributed by atoms with Crippen molar-refractivity contribution in [2.45, 2.75) is 4.90 Å². The van der Waals surface area contributed by atoms with Crippen LogP contribution in [0.5, 0.6) is 0 Å². The summed E-state index contributed by atoms with van der Waals surface area (Å²) in [6.45, 7) is 0. The van der Waals surface area contributed by atoms with Gasteiger partial charge in [-0.2, -0.15) is 0 Å². The van der Waals surface area contributed by atoms with Crippen molar-refractivity contribution in [3.63, 3.8) is 0 Å². The van der Waals surface area contributed by atoms with Crippen LogP contribution < -0.4 is 5.32 Å². The lowest BCUT2D eigenvalue weighted by atomic mass is 10.2. The molecule has 1 rings (SSSR count). The van der Waals surface area contributed by atoms with Crippen LogP contribution in [0.15, 0.2) is 27.6 Å². The largest absolute Gasteiger partial charge is 0.355 e. The number of carbonyl (C=O) groups is 1. The SMILES string of the molecule is CNC(=O)c1cc(Br)cc(SC)c1. The minimum absolute atomic E-state index is 0.0587.